The van der Waals surface area contributed by atoms with Gasteiger partial charge in [-0.05, 0) is 12.5 Å². The highest BCUT2D eigenvalue weighted by molar-refractivity contribution is 5.98. The number of carbonyl (C=O) groups is 2. The minimum absolute atomic E-state index is 0.165. The van der Waals surface area contributed by atoms with Gasteiger partial charge in [-0.1, -0.05) is 12.1 Å². The summed E-state index contributed by atoms with van der Waals surface area (Å²) in [6, 6.07) is 5.16. The largest absolute Gasteiger partial charge is 0.478 e. The van der Waals surface area contributed by atoms with Crippen LogP contribution < -0.4 is 11.1 Å². The number of nitro benzene ring substituents is 1. The standard InChI is InChI=1S/C14H13N3O6/c1-6-9(13(18)19)10(11(14(20)21)12(15)16-6)7-3-2-4-8(5-7)17(22)23/h2-5,10,16H,15H2,1H3,(H,18,19)(H,20,21)/t10-/m0/s1. The quantitative estimate of drug-likeness (QED) is 0.471. The molecule has 0 bridgehead atoms. The van der Waals surface area contributed by atoms with E-state index < -0.39 is 22.8 Å². The summed E-state index contributed by atoms with van der Waals surface area (Å²) in [5, 5.41) is 32.2. The van der Waals surface area contributed by atoms with E-state index in [2.05, 4.69) is 5.32 Å². The number of carboxylic acids is 2. The van der Waals surface area contributed by atoms with Crippen molar-refractivity contribution in [2.75, 3.05) is 0 Å². The Morgan fingerprint density at radius 3 is 2.39 bits per heavy atom. The Kier molecular flexibility index (Phi) is 4.04. The molecule has 120 valence electrons. The van der Waals surface area contributed by atoms with Gasteiger partial charge in [0.25, 0.3) is 5.69 Å². The Hall–Kier alpha value is -3.36. The summed E-state index contributed by atoms with van der Waals surface area (Å²) in [4.78, 5) is 33.3. The number of non-ortho nitro benzene ring substituents is 1. The number of nitro groups is 1. The van der Waals surface area contributed by atoms with Crippen molar-refractivity contribution in [3.05, 3.63) is 62.6 Å². The van der Waals surface area contributed by atoms with E-state index in [0.717, 1.165) is 6.07 Å². The summed E-state index contributed by atoms with van der Waals surface area (Å²) < 4.78 is 0. The van der Waals surface area contributed by atoms with E-state index in [9.17, 15) is 29.9 Å². The highest BCUT2D eigenvalue weighted by atomic mass is 16.6. The van der Waals surface area contributed by atoms with Gasteiger partial charge in [0.1, 0.15) is 5.82 Å². The molecule has 0 amide bonds. The number of dihydropyridines is 1. The van der Waals surface area contributed by atoms with Crippen LogP contribution in [0.15, 0.2) is 46.9 Å². The number of nitrogens with zero attached hydrogens (tertiary/aromatic N) is 1. The van der Waals surface area contributed by atoms with Crippen LogP contribution in [0.1, 0.15) is 18.4 Å². The van der Waals surface area contributed by atoms with E-state index in [-0.39, 0.29) is 33.9 Å². The zero-order chi connectivity index (χ0) is 17.3. The molecule has 0 aromatic heterocycles. The van der Waals surface area contributed by atoms with Gasteiger partial charge in [0.2, 0.25) is 0 Å². The molecule has 1 heterocycles. The molecule has 0 aliphatic carbocycles. The highest BCUT2D eigenvalue weighted by Crippen LogP contribution is 2.38. The van der Waals surface area contributed by atoms with Crippen molar-refractivity contribution in [3.8, 4) is 0 Å². The van der Waals surface area contributed by atoms with Gasteiger partial charge in [-0.25, -0.2) is 9.59 Å². The van der Waals surface area contributed by atoms with Gasteiger partial charge in [0, 0.05) is 17.8 Å². The topological polar surface area (TPSA) is 156 Å². The van der Waals surface area contributed by atoms with E-state index in [0.29, 0.717) is 0 Å². The fourth-order valence-electron chi connectivity index (χ4n) is 2.53. The molecule has 1 aliphatic heterocycles. The number of benzene rings is 1. The molecular formula is C14H13N3O6. The second kappa shape index (κ2) is 5.79. The Bertz CT molecular complexity index is 744. The number of rotatable bonds is 4. The van der Waals surface area contributed by atoms with Crippen molar-refractivity contribution in [1.82, 2.24) is 5.32 Å². The summed E-state index contributed by atoms with van der Waals surface area (Å²) in [6.07, 6.45) is 0. The molecule has 2 rings (SSSR count). The van der Waals surface area contributed by atoms with Crippen molar-refractivity contribution in [3.63, 3.8) is 0 Å². The molecule has 1 aliphatic rings. The molecular weight excluding hydrogens is 306 g/mol. The Morgan fingerprint density at radius 2 is 1.87 bits per heavy atom. The van der Waals surface area contributed by atoms with Crippen LogP contribution in [0.4, 0.5) is 5.69 Å². The minimum Gasteiger partial charge on any atom is -0.478 e. The zero-order valence-corrected chi connectivity index (χ0v) is 11.9. The van der Waals surface area contributed by atoms with Gasteiger partial charge in [-0.2, -0.15) is 0 Å². The number of allylic oxidation sites excluding steroid dienone is 1. The molecule has 9 nitrogen and oxygen atoms in total. The first-order chi connectivity index (χ1) is 10.7. The number of nitrogens with two attached hydrogens (primary N) is 1. The Morgan fingerprint density at radius 1 is 1.26 bits per heavy atom. The van der Waals surface area contributed by atoms with Crippen molar-refractivity contribution < 1.29 is 24.7 Å². The summed E-state index contributed by atoms with van der Waals surface area (Å²) in [5.41, 5.74) is 5.16. The third-order valence-corrected chi connectivity index (χ3v) is 3.47. The first kappa shape index (κ1) is 16.0. The molecule has 9 heteroatoms. The third-order valence-electron chi connectivity index (χ3n) is 3.47. The molecule has 0 spiro atoms. The minimum atomic E-state index is -1.40. The maximum Gasteiger partial charge on any atom is 0.336 e. The van der Waals surface area contributed by atoms with Gasteiger partial charge >= 0.3 is 11.9 Å². The smallest absolute Gasteiger partial charge is 0.336 e. The van der Waals surface area contributed by atoms with Crippen LogP contribution in [0.25, 0.3) is 0 Å². The van der Waals surface area contributed by atoms with Crippen molar-refractivity contribution in [1.29, 1.82) is 0 Å². The first-order valence-corrected chi connectivity index (χ1v) is 6.42. The van der Waals surface area contributed by atoms with E-state index in [1.165, 1.54) is 25.1 Å². The molecule has 1 atom stereocenters. The lowest BCUT2D eigenvalue weighted by atomic mass is 9.81. The van der Waals surface area contributed by atoms with E-state index in [1.54, 1.807) is 0 Å². The van der Waals surface area contributed by atoms with Crippen LogP contribution in [-0.4, -0.2) is 27.1 Å². The van der Waals surface area contributed by atoms with Gasteiger partial charge in [0.05, 0.1) is 22.0 Å². The lowest BCUT2D eigenvalue weighted by Gasteiger charge is -2.28. The number of hydrogen-bond donors (Lipinski definition) is 4. The van der Waals surface area contributed by atoms with E-state index in [1.807, 2.05) is 0 Å². The molecule has 0 unspecified atom stereocenters. The number of hydrogen-bond acceptors (Lipinski definition) is 6. The number of aliphatic carboxylic acids is 2. The van der Waals surface area contributed by atoms with Gasteiger partial charge < -0.3 is 21.3 Å². The number of nitrogens with one attached hydrogen (secondary N) is 1. The monoisotopic (exact) mass is 319 g/mol. The average molecular weight is 319 g/mol. The summed E-state index contributed by atoms with van der Waals surface area (Å²) in [5.74, 6) is -4.15. The zero-order valence-electron chi connectivity index (χ0n) is 11.9. The molecule has 1 aromatic rings. The molecule has 0 radical (unpaired) electrons. The lowest BCUT2D eigenvalue weighted by Crippen LogP contribution is -2.35. The third kappa shape index (κ3) is 2.84. The first-order valence-electron chi connectivity index (χ1n) is 6.42. The predicted octanol–water partition coefficient (Wildman–Crippen LogP) is 0.895. The van der Waals surface area contributed by atoms with Gasteiger partial charge in [-0.15, -0.1) is 0 Å². The van der Waals surface area contributed by atoms with Crippen molar-refractivity contribution in [2.45, 2.75) is 12.8 Å². The number of carboxylic acid groups (broad SMARTS) is 2. The molecule has 0 fully saturated rings. The van der Waals surface area contributed by atoms with E-state index >= 15 is 0 Å². The fourth-order valence-corrected chi connectivity index (χ4v) is 2.53. The van der Waals surface area contributed by atoms with Crippen LogP contribution in [0.2, 0.25) is 0 Å². The second-order valence-corrected chi connectivity index (χ2v) is 4.89. The van der Waals surface area contributed by atoms with Crippen LogP contribution in [-0.2, 0) is 9.59 Å². The van der Waals surface area contributed by atoms with Crippen LogP contribution in [0.5, 0.6) is 0 Å². The SMILES string of the molecule is CC1=C(C(=O)O)[C@H](c2cccc([N+](=O)[O-])c2)C(C(=O)O)=C(N)N1. The highest BCUT2D eigenvalue weighted by Gasteiger charge is 2.37. The Balaban J connectivity index is 2.72. The summed E-state index contributed by atoms with van der Waals surface area (Å²) in [7, 11) is 0. The van der Waals surface area contributed by atoms with Crippen molar-refractivity contribution in [2.24, 2.45) is 5.73 Å². The maximum atomic E-state index is 11.6. The molecule has 5 N–H and O–H groups in total. The van der Waals surface area contributed by atoms with E-state index in [4.69, 9.17) is 5.73 Å². The average Bonchev–Trinajstić information content (AvgIpc) is 2.45. The normalized spacial score (nSPS) is 17.7. The Labute approximate surface area is 129 Å². The lowest BCUT2D eigenvalue weighted by molar-refractivity contribution is -0.384. The maximum absolute atomic E-state index is 11.6. The van der Waals surface area contributed by atoms with Crippen LogP contribution in [0, 0.1) is 10.1 Å². The van der Waals surface area contributed by atoms with Crippen LogP contribution >= 0.6 is 0 Å². The van der Waals surface area contributed by atoms with Crippen molar-refractivity contribution >= 4 is 17.6 Å². The molecule has 0 saturated carbocycles. The summed E-state index contributed by atoms with van der Waals surface area (Å²) >= 11 is 0. The summed E-state index contributed by atoms with van der Waals surface area (Å²) in [6.45, 7) is 1.44. The fraction of sp³-hybridized carbons (Fsp3) is 0.143. The second-order valence-electron chi connectivity index (χ2n) is 4.89. The molecule has 1 aromatic carbocycles. The molecule has 23 heavy (non-hydrogen) atoms. The van der Waals surface area contributed by atoms with Gasteiger partial charge in [0.15, 0.2) is 0 Å². The van der Waals surface area contributed by atoms with Crippen LogP contribution in [0.3, 0.4) is 0 Å². The molecule has 0 saturated heterocycles. The predicted molar refractivity (Wildman–Crippen MR) is 78.2 cm³/mol. The van der Waals surface area contributed by atoms with Gasteiger partial charge in [-0.3, -0.25) is 10.1 Å².